The van der Waals surface area contributed by atoms with E-state index in [1.807, 2.05) is 20.8 Å². The molecule has 0 unspecified atom stereocenters. The molecule has 7 nitrogen and oxygen atoms in total. The summed E-state index contributed by atoms with van der Waals surface area (Å²) in [5, 5.41) is 8.01. The maximum absolute atomic E-state index is 12.3. The molecule has 140 valence electrons. The van der Waals surface area contributed by atoms with Crippen LogP contribution in [-0.2, 0) is 26.0 Å². The summed E-state index contributed by atoms with van der Waals surface area (Å²) in [6, 6.07) is 6.16. The Balaban J connectivity index is 1.81. The molecule has 0 aromatic heterocycles. The molecule has 2 rings (SSSR count). The van der Waals surface area contributed by atoms with Gasteiger partial charge in [0.05, 0.1) is 23.1 Å². The number of morpholine rings is 1. The van der Waals surface area contributed by atoms with Gasteiger partial charge in [-0.25, -0.2) is 13.6 Å². The highest BCUT2D eigenvalue weighted by molar-refractivity contribution is 7.89. The number of ether oxygens (including phenoxy) is 1. The molecule has 8 heteroatoms. The van der Waals surface area contributed by atoms with Crippen LogP contribution in [0.2, 0.25) is 0 Å². The van der Waals surface area contributed by atoms with Crippen molar-refractivity contribution in [2.45, 2.75) is 50.3 Å². The standard InChI is InChI=1S/C17H27N3O4S/c1-12-10-20(11-13(2)24-12)14(3)17(21)19-9-8-15-4-6-16(7-5-15)25(18,22)23/h4-7,12-14H,8-11H2,1-3H3,(H,19,21)(H2,18,22,23)/t12-,13-,14-/m0/s1. The van der Waals surface area contributed by atoms with E-state index < -0.39 is 10.0 Å². The van der Waals surface area contributed by atoms with Crippen LogP contribution in [0.5, 0.6) is 0 Å². The van der Waals surface area contributed by atoms with Crippen LogP contribution in [0.1, 0.15) is 26.3 Å². The number of nitrogens with zero attached hydrogens (tertiary/aromatic N) is 1. The van der Waals surface area contributed by atoms with E-state index >= 15 is 0 Å². The number of primary sulfonamides is 1. The number of carbonyl (C=O) groups is 1. The summed E-state index contributed by atoms with van der Waals surface area (Å²) in [5.74, 6) is -0.0116. The van der Waals surface area contributed by atoms with Gasteiger partial charge in [-0.2, -0.15) is 0 Å². The lowest BCUT2D eigenvalue weighted by atomic mass is 10.1. The second kappa shape index (κ2) is 8.27. The quantitative estimate of drug-likeness (QED) is 0.760. The zero-order valence-electron chi connectivity index (χ0n) is 14.9. The lowest BCUT2D eigenvalue weighted by Crippen LogP contribution is -2.54. The van der Waals surface area contributed by atoms with Crippen LogP contribution in [0.3, 0.4) is 0 Å². The summed E-state index contributed by atoms with van der Waals surface area (Å²) in [5.41, 5.74) is 0.939. The second-order valence-electron chi connectivity index (χ2n) is 6.62. The summed E-state index contributed by atoms with van der Waals surface area (Å²) in [6.45, 7) is 7.91. The molecule has 0 radical (unpaired) electrons. The highest BCUT2D eigenvalue weighted by Crippen LogP contribution is 2.14. The molecule has 25 heavy (non-hydrogen) atoms. The first-order valence-electron chi connectivity index (χ1n) is 8.46. The van der Waals surface area contributed by atoms with Crippen LogP contribution < -0.4 is 10.5 Å². The largest absolute Gasteiger partial charge is 0.373 e. The number of rotatable bonds is 6. The molecule has 0 spiro atoms. The van der Waals surface area contributed by atoms with Crippen molar-refractivity contribution in [3.63, 3.8) is 0 Å². The third kappa shape index (κ3) is 5.78. The Morgan fingerprint density at radius 1 is 1.28 bits per heavy atom. The first-order chi connectivity index (χ1) is 11.7. The molecule has 1 aromatic rings. The van der Waals surface area contributed by atoms with Gasteiger partial charge in [0, 0.05) is 19.6 Å². The Morgan fingerprint density at radius 3 is 2.36 bits per heavy atom. The molecule has 1 heterocycles. The van der Waals surface area contributed by atoms with Crippen molar-refractivity contribution in [1.29, 1.82) is 0 Å². The SMILES string of the molecule is C[C@H]1CN([C@@H](C)C(=O)NCCc2ccc(S(N)(=O)=O)cc2)C[C@H](C)O1. The van der Waals surface area contributed by atoms with Crippen molar-refractivity contribution in [3.05, 3.63) is 29.8 Å². The minimum absolute atomic E-state index is 0.0116. The van der Waals surface area contributed by atoms with E-state index in [4.69, 9.17) is 9.88 Å². The molecule has 1 aliphatic heterocycles. The van der Waals surface area contributed by atoms with Gasteiger partial charge >= 0.3 is 0 Å². The van der Waals surface area contributed by atoms with Crippen LogP contribution in [0.25, 0.3) is 0 Å². The summed E-state index contributed by atoms with van der Waals surface area (Å²) in [4.78, 5) is 14.6. The Labute approximate surface area is 149 Å². The van der Waals surface area contributed by atoms with E-state index in [1.165, 1.54) is 12.1 Å². The van der Waals surface area contributed by atoms with Gasteiger partial charge in [-0.1, -0.05) is 12.1 Å². The van der Waals surface area contributed by atoms with Gasteiger partial charge in [-0.3, -0.25) is 9.69 Å². The van der Waals surface area contributed by atoms with Crippen LogP contribution in [0.15, 0.2) is 29.2 Å². The minimum atomic E-state index is -3.67. The molecule has 1 amide bonds. The molecule has 0 aliphatic carbocycles. The van der Waals surface area contributed by atoms with Crippen molar-refractivity contribution in [2.24, 2.45) is 5.14 Å². The van der Waals surface area contributed by atoms with Crippen LogP contribution in [-0.4, -0.2) is 57.1 Å². The van der Waals surface area contributed by atoms with Gasteiger partial charge in [-0.15, -0.1) is 0 Å². The molecule has 3 atom stereocenters. The average Bonchev–Trinajstić information content (AvgIpc) is 2.52. The summed E-state index contributed by atoms with van der Waals surface area (Å²) < 4.78 is 28.1. The van der Waals surface area contributed by atoms with Gasteiger partial charge in [-0.05, 0) is 44.9 Å². The average molecular weight is 369 g/mol. The highest BCUT2D eigenvalue weighted by atomic mass is 32.2. The molecular weight excluding hydrogens is 342 g/mol. The molecule has 1 aliphatic rings. The topological polar surface area (TPSA) is 102 Å². The monoisotopic (exact) mass is 369 g/mol. The summed E-state index contributed by atoms with van der Waals surface area (Å²) >= 11 is 0. The van der Waals surface area contributed by atoms with Crippen molar-refractivity contribution < 1.29 is 17.9 Å². The number of hydrogen-bond donors (Lipinski definition) is 2. The normalized spacial score (nSPS) is 23.2. The Hall–Kier alpha value is -1.48. The second-order valence-corrected chi connectivity index (χ2v) is 8.18. The van der Waals surface area contributed by atoms with E-state index in [1.54, 1.807) is 12.1 Å². The van der Waals surface area contributed by atoms with E-state index in [0.29, 0.717) is 13.0 Å². The summed E-state index contributed by atoms with van der Waals surface area (Å²) in [6.07, 6.45) is 0.868. The van der Waals surface area contributed by atoms with Crippen molar-refractivity contribution in [1.82, 2.24) is 10.2 Å². The zero-order valence-corrected chi connectivity index (χ0v) is 15.8. The third-order valence-electron chi connectivity index (χ3n) is 4.34. The Bertz CT molecular complexity index is 680. The number of sulfonamides is 1. The van der Waals surface area contributed by atoms with Crippen LogP contribution in [0, 0.1) is 0 Å². The molecular formula is C17H27N3O4S. The number of hydrogen-bond acceptors (Lipinski definition) is 5. The fraction of sp³-hybridized carbons (Fsp3) is 0.588. The van der Waals surface area contributed by atoms with Gasteiger partial charge in [0.15, 0.2) is 0 Å². The van der Waals surface area contributed by atoms with E-state index in [-0.39, 0.29) is 29.1 Å². The maximum Gasteiger partial charge on any atom is 0.238 e. The number of benzene rings is 1. The molecule has 1 saturated heterocycles. The Kier molecular flexibility index (Phi) is 6.56. The van der Waals surface area contributed by atoms with E-state index in [0.717, 1.165) is 18.7 Å². The molecule has 0 bridgehead atoms. The van der Waals surface area contributed by atoms with Crippen molar-refractivity contribution in [2.75, 3.05) is 19.6 Å². The highest BCUT2D eigenvalue weighted by Gasteiger charge is 2.28. The predicted molar refractivity (Wildman–Crippen MR) is 95.6 cm³/mol. The third-order valence-corrected chi connectivity index (χ3v) is 5.27. The van der Waals surface area contributed by atoms with Gasteiger partial charge in [0.1, 0.15) is 0 Å². The molecule has 1 aromatic carbocycles. The first-order valence-corrected chi connectivity index (χ1v) is 10.0. The van der Waals surface area contributed by atoms with E-state index in [9.17, 15) is 13.2 Å². The molecule has 3 N–H and O–H groups in total. The zero-order chi connectivity index (χ0) is 18.6. The van der Waals surface area contributed by atoms with Crippen LogP contribution in [0.4, 0.5) is 0 Å². The smallest absolute Gasteiger partial charge is 0.238 e. The minimum Gasteiger partial charge on any atom is -0.373 e. The predicted octanol–water partition coefficient (Wildman–Crippen LogP) is 0.490. The van der Waals surface area contributed by atoms with Gasteiger partial charge in [0.2, 0.25) is 15.9 Å². The number of nitrogens with one attached hydrogen (secondary N) is 1. The number of amides is 1. The van der Waals surface area contributed by atoms with Gasteiger partial charge in [0.25, 0.3) is 0 Å². The first kappa shape index (κ1) is 19.8. The van der Waals surface area contributed by atoms with Crippen LogP contribution >= 0.6 is 0 Å². The lowest BCUT2D eigenvalue weighted by molar-refractivity contribution is -0.131. The van der Waals surface area contributed by atoms with Gasteiger partial charge < -0.3 is 10.1 Å². The molecule has 1 fully saturated rings. The van der Waals surface area contributed by atoms with E-state index in [2.05, 4.69) is 10.2 Å². The lowest BCUT2D eigenvalue weighted by Gasteiger charge is -2.38. The Morgan fingerprint density at radius 2 is 1.84 bits per heavy atom. The van der Waals surface area contributed by atoms with Crippen molar-refractivity contribution >= 4 is 15.9 Å². The maximum atomic E-state index is 12.3. The fourth-order valence-electron chi connectivity index (χ4n) is 3.02. The fourth-order valence-corrected chi connectivity index (χ4v) is 3.54. The number of nitrogens with two attached hydrogens (primary N) is 1. The molecule has 0 saturated carbocycles. The summed E-state index contributed by atoms with van der Waals surface area (Å²) in [7, 11) is -3.67. The number of carbonyl (C=O) groups excluding carboxylic acids is 1. The van der Waals surface area contributed by atoms with Crippen molar-refractivity contribution in [3.8, 4) is 0 Å².